The van der Waals surface area contributed by atoms with Crippen LogP contribution in [0.15, 0.2) is 16.5 Å². The zero-order valence-electron chi connectivity index (χ0n) is 16.0. The molecule has 1 atom stereocenters. The summed E-state index contributed by atoms with van der Waals surface area (Å²) in [5.74, 6) is 1.14. The third-order valence-electron chi connectivity index (χ3n) is 3.83. The van der Waals surface area contributed by atoms with E-state index in [0.717, 1.165) is 10.8 Å². The summed E-state index contributed by atoms with van der Waals surface area (Å²) in [4.78, 5) is 12.0. The number of benzene rings is 1. The molecule has 10 heteroatoms. The van der Waals surface area contributed by atoms with E-state index in [1.54, 1.807) is 21.1 Å². The number of ether oxygens (including phenoxy) is 4. The molecule has 0 saturated heterocycles. The van der Waals surface area contributed by atoms with Gasteiger partial charge in [0.25, 0.3) is 0 Å². The molecular formula is C17H23BF3O6. The second kappa shape index (κ2) is 11.9. The van der Waals surface area contributed by atoms with Gasteiger partial charge in [0.2, 0.25) is 5.76 Å². The number of hydrogen-bond donors (Lipinski definition) is 0. The van der Waals surface area contributed by atoms with Crippen LogP contribution in [0.25, 0.3) is 10.8 Å². The highest BCUT2D eigenvalue weighted by atomic mass is 19.0. The lowest BCUT2D eigenvalue weighted by Gasteiger charge is -2.14. The zero-order chi connectivity index (χ0) is 17.1. The molecule has 0 aliphatic rings. The van der Waals surface area contributed by atoms with E-state index in [9.17, 15) is 4.79 Å². The summed E-state index contributed by atoms with van der Waals surface area (Å²) in [6, 6.07) is 3.63. The predicted octanol–water partition coefficient (Wildman–Crippen LogP) is 0.253. The van der Waals surface area contributed by atoms with Crippen LogP contribution in [-0.4, -0.2) is 42.8 Å². The van der Waals surface area contributed by atoms with Crippen LogP contribution in [0.5, 0.6) is 17.4 Å². The molecule has 1 aromatic carbocycles. The van der Waals surface area contributed by atoms with Crippen molar-refractivity contribution in [3.05, 3.63) is 23.5 Å². The van der Waals surface area contributed by atoms with E-state index in [4.69, 9.17) is 23.4 Å². The average Bonchev–Trinajstić information content (AvgIpc) is 2.58. The first-order valence-corrected chi connectivity index (χ1v) is 7.12. The van der Waals surface area contributed by atoms with Crippen molar-refractivity contribution < 1.29 is 42.3 Å². The van der Waals surface area contributed by atoms with Crippen LogP contribution in [0.4, 0.5) is 9.41 Å². The van der Waals surface area contributed by atoms with Gasteiger partial charge in [-0.05, 0) is 19.1 Å². The summed E-state index contributed by atoms with van der Waals surface area (Å²) in [5.41, 5.74) is 0.612. The largest absolute Gasteiger partial charge is 1.00 e. The third-order valence-corrected chi connectivity index (χ3v) is 3.83. The molecule has 2 aromatic rings. The van der Waals surface area contributed by atoms with Gasteiger partial charge in [0.05, 0.1) is 32.6 Å². The Balaban J connectivity index is -0.00000144. The lowest BCUT2D eigenvalue weighted by molar-refractivity contribution is -0.142. The van der Waals surface area contributed by atoms with E-state index >= 15 is 0 Å². The predicted molar refractivity (Wildman–Crippen MR) is 96.2 cm³/mol. The number of fused-ring (bicyclic) bond motifs is 1. The molecule has 0 saturated carbocycles. The maximum absolute atomic E-state index is 12.0. The molecule has 151 valence electrons. The summed E-state index contributed by atoms with van der Waals surface area (Å²) in [5, 5.41) is 1.61. The SMILES string of the molecule is COC(=O)C(C)c1c(OC)[o+]c(C)c2cc(OC)c(OC)cc12.F.F.[B].[F-]. The monoisotopic (exact) mass is 391 g/mol. The van der Waals surface area contributed by atoms with Crippen LogP contribution in [0.1, 0.15) is 24.2 Å². The van der Waals surface area contributed by atoms with Gasteiger partial charge in [-0.3, -0.25) is 18.6 Å². The standard InChI is InChI=1S/C17H21O6.B.3FH/c1-9(16(18)21-5)15-12-8-14(20-4)13(19-3)7-11(12)10(2)23-17(15)22-6;;;;/h7-9H,1-6H3;;3*1H/q+1;;;;/p-1. The fourth-order valence-corrected chi connectivity index (χ4v) is 2.61. The van der Waals surface area contributed by atoms with E-state index in [1.165, 1.54) is 14.2 Å². The number of carbonyl (C=O) groups excluding carboxylic acids is 1. The summed E-state index contributed by atoms with van der Waals surface area (Å²) >= 11 is 0. The Hall–Kier alpha value is -2.65. The van der Waals surface area contributed by atoms with Crippen molar-refractivity contribution in [1.82, 2.24) is 0 Å². The van der Waals surface area contributed by atoms with Crippen molar-refractivity contribution >= 4 is 25.2 Å². The summed E-state index contributed by atoms with van der Waals surface area (Å²) < 4.78 is 26.6. The highest BCUT2D eigenvalue weighted by Crippen LogP contribution is 2.41. The summed E-state index contributed by atoms with van der Waals surface area (Å²) in [6.07, 6.45) is 0. The Morgan fingerprint density at radius 2 is 1.44 bits per heavy atom. The minimum atomic E-state index is -0.556. The normalized spacial score (nSPS) is 10.1. The van der Waals surface area contributed by atoms with Crippen molar-refractivity contribution in [3.63, 3.8) is 0 Å². The molecule has 1 heterocycles. The van der Waals surface area contributed by atoms with Crippen molar-refractivity contribution in [2.75, 3.05) is 28.4 Å². The van der Waals surface area contributed by atoms with Crippen LogP contribution in [0.2, 0.25) is 0 Å². The maximum Gasteiger partial charge on any atom is 0.522 e. The first kappa shape index (κ1) is 29.1. The molecule has 0 spiro atoms. The molecule has 0 bridgehead atoms. The van der Waals surface area contributed by atoms with Gasteiger partial charge in [-0.15, -0.1) is 0 Å². The molecule has 1 unspecified atom stereocenters. The number of esters is 1. The van der Waals surface area contributed by atoms with Gasteiger partial charge in [0, 0.05) is 20.7 Å². The van der Waals surface area contributed by atoms with E-state index in [2.05, 4.69) is 0 Å². The van der Waals surface area contributed by atoms with Crippen LogP contribution in [0, 0.1) is 6.92 Å². The van der Waals surface area contributed by atoms with Gasteiger partial charge in [0.1, 0.15) is 5.56 Å². The van der Waals surface area contributed by atoms with Gasteiger partial charge < -0.3 is 23.7 Å². The van der Waals surface area contributed by atoms with E-state index < -0.39 is 5.92 Å². The van der Waals surface area contributed by atoms with E-state index in [1.807, 2.05) is 19.1 Å². The lowest BCUT2D eigenvalue weighted by atomic mass is 9.95. The number of rotatable bonds is 5. The van der Waals surface area contributed by atoms with Gasteiger partial charge in [0.15, 0.2) is 18.6 Å². The summed E-state index contributed by atoms with van der Waals surface area (Å²) in [6.45, 7) is 3.56. The highest BCUT2D eigenvalue weighted by Gasteiger charge is 2.32. The third kappa shape index (κ3) is 5.18. The van der Waals surface area contributed by atoms with Gasteiger partial charge >= 0.3 is 11.9 Å². The minimum Gasteiger partial charge on any atom is -1.00 e. The molecule has 0 N–H and O–H groups in total. The molecular weight excluding hydrogens is 368 g/mol. The van der Waals surface area contributed by atoms with Gasteiger partial charge in [-0.2, -0.15) is 0 Å². The molecule has 0 aliphatic carbocycles. The molecule has 0 fully saturated rings. The molecule has 2 rings (SSSR count). The van der Waals surface area contributed by atoms with Crippen LogP contribution < -0.4 is 18.9 Å². The number of halogens is 3. The van der Waals surface area contributed by atoms with Crippen molar-refractivity contribution in [2.45, 2.75) is 19.8 Å². The smallest absolute Gasteiger partial charge is 0.522 e. The van der Waals surface area contributed by atoms with E-state index in [0.29, 0.717) is 22.8 Å². The Bertz CT molecular complexity index is 757. The Labute approximate surface area is 157 Å². The number of carbonyl (C=O) groups is 1. The minimum absolute atomic E-state index is 0. The number of hydrogen-bond acceptors (Lipinski definition) is 5. The Kier molecular flexibility index (Phi) is 12.8. The molecule has 1 aromatic heterocycles. The average molecular weight is 391 g/mol. The lowest BCUT2D eigenvalue weighted by Crippen LogP contribution is -3.00. The second-order valence-electron chi connectivity index (χ2n) is 5.06. The van der Waals surface area contributed by atoms with Crippen LogP contribution in [-0.2, 0) is 9.53 Å². The number of aryl methyl sites for hydroxylation is 1. The van der Waals surface area contributed by atoms with E-state index in [-0.39, 0.29) is 34.4 Å². The first-order chi connectivity index (χ1) is 11.0. The summed E-state index contributed by atoms with van der Waals surface area (Å²) in [7, 11) is 5.98. The quantitative estimate of drug-likeness (QED) is 0.414. The van der Waals surface area contributed by atoms with Crippen LogP contribution >= 0.6 is 0 Å². The van der Waals surface area contributed by atoms with Crippen LogP contribution in [0.3, 0.4) is 0 Å². The molecule has 6 nitrogen and oxygen atoms in total. The fourth-order valence-electron chi connectivity index (χ4n) is 2.61. The second-order valence-corrected chi connectivity index (χ2v) is 5.06. The fraction of sp³-hybridized carbons (Fsp3) is 0.412. The zero-order valence-corrected chi connectivity index (χ0v) is 16.0. The van der Waals surface area contributed by atoms with Crippen molar-refractivity contribution in [2.24, 2.45) is 0 Å². The maximum atomic E-state index is 12.0. The Morgan fingerprint density at radius 3 is 1.85 bits per heavy atom. The number of methoxy groups -OCH3 is 4. The molecule has 0 aliphatic heterocycles. The first-order valence-electron chi connectivity index (χ1n) is 7.12. The van der Waals surface area contributed by atoms with Gasteiger partial charge in [-0.25, -0.2) is 0 Å². The van der Waals surface area contributed by atoms with Crippen molar-refractivity contribution in [1.29, 1.82) is 0 Å². The molecule has 27 heavy (non-hydrogen) atoms. The van der Waals surface area contributed by atoms with Gasteiger partial charge in [-0.1, -0.05) is 0 Å². The molecule has 0 amide bonds. The van der Waals surface area contributed by atoms with Crippen molar-refractivity contribution in [3.8, 4) is 17.4 Å². The topological polar surface area (TPSA) is 65.3 Å². The highest BCUT2D eigenvalue weighted by molar-refractivity contribution is 5.95. The molecule has 3 radical (unpaired) electrons. The Morgan fingerprint density at radius 1 is 0.963 bits per heavy atom.